The maximum Gasteiger partial charge on any atom is 0.251 e. The lowest BCUT2D eigenvalue weighted by Gasteiger charge is -2.19. The maximum absolute atomic E-state index is 12.9. The van der Waals surface area contributed by atoms with Crippen molar-refractivity contribution in [2.24, 2.45) is 0 Å². The molecule has 0 atom stereocenters. The van der Waals surface area contributed by atoms with Crippen molar-refractivity contribution in [3.05, 3.63) is 78.8 Å². The first-order valence-electron chi connectivity index (χ1n) is 13.7. The molecular weight excluding hydrogens is 486 g/mol. The minimum absolute atomic E-state index is 0.0409. The van der Waals surface area contributed by atoms with Crippen LogP contribution in [0.3, 0.4) is 0 Å². The Bertz CT molecular complexity index is 1590. The second-order valence-electron chi connectivity index (χ2n) is 10.1. The van der Waals surface area contributed by atoms with E-state index in [9.17, 15) is 4.79 Å². The SMILES string of the molecule is COc1ccc2[nH]c3cnc(-c4cccnc4)cc3c2c1-c1ccc(C(=O)NCCN2CCCCCC2)cc1. The first-order chi connectivity index (χ1) is 19.2. The van der Waals surface area contributed by atoms with Crippen molar-refractivity contribution in [1.29, 1.82) is 0 Å². The minimum atomic E-state index is -0.0409. The molecule has 1 saturated heterocycles. The average Bonchev–Trinajstić information content (AvgIpc) is 3.15. The lowest BCUT2D eigenvalue weighted by atomic mass is 9.97. The summed E-state index contributed by atoms with van der Waals surface area (Å²) in [6.07, 6.45) is 10.6. The predicted molar refractivity (Wildman–Crippen MR) is 156 cm³/mol. The van der Waals surface area contributed by atoms with Crippen LogP contribution in [0.25, 0.3) is 44.2 Å². The number of ether oxygens (including phenoxy) is 1. The van der Waals surface area contributed by atoms with Crippen molar-refractivity contribution in [1.82, 2.24) is 25.2 Å². The number of nitrogens with one attached hydrogen (secondary N) is 2. The number of carbonyl (C=O) groups excluding carboxylic acids is 1. The highest BCUT2D eigenvalue weighted by Gasteiger charge is 2.17. The van der Waals surface area contributed by atoms with Crippen LogP contribution in [0.15, 0.2) is 73.2 Å². The van der Waals surface area contributed by atoms with Gasteiger partial charge in [-0.05, 0) is 74.0 Å². The highest BCUT2D eigenvalue weighted by atomic mass is 16.5. The number of hydrogen-bond acceptors (Lipinski definition) is 5. The van der Waals surface area contributed by atoms with Gasteiger partial charge in [0.2, 0.25) is 0 Å². The largest absolute Gasteiger partial charge is 0.496 e. The molecule has 4 heterocycles. The van der Waals surface area contributed by atoms with E-state index in [0.29, 0.717) is 12.1 Å². The smallest absolute Gasteiger partial charge is 0.251 e. The number of rotatable bonds is 7. The lowest BCUT2D eigenvalue weighted by Crippen LogP contribution is -2.35. The summed E-state index contributed by atoms with van der Waals surface area (Å²) in [5, 5.41) is 5.22. The van der Waals surface area contributed by atoms with Gasteiger partial charge in [-0.25, -0.2) is 0 Å². The summed E-state index contributed by atoms with van der Waals surface area (Å²) in [4.78, 5) is 27.7. The van der Waals surface area contributed by atoms with Crippen molar-refractivity contribution >= 4 is 27.7 Å². The van der Waals surface area contributed by atoms with Crippen LogP contribution < -0.4 is 10.1 Å². The molecule has 0 spiro atoms. The zero-order chi connectivity index (χ0) is 26.6. The molecule has 198 valence electrons. The number of likely N-dealkylation sites (tertiary alicyclic amines) is 1. The van der Waals surface area contributed by atoms with Gasteiger partial charge in [0.15, 0.2) is 0 Å². The Morgan fingerprint density at radius 1 is 0.974 bits per heavy atom. The number of benzene rings is 2. The number of aromatic nitrogens is 3. The fraction of sp³-hybridized carbons (Fsp3) is 0.281. The van der Waals surface area contributed by atoms with E-state index in [1.807, 2.05) is 60.9 Å². The van der Waals surface area contributed by atoms with Gasteiger partial charge in [-0.1, -0.05) is 25.0 Å². The van der Waals surface area contributed by atoms with Crippen molar-refractivity contribution < 1.29 is 9.53 Å². The number of aromatic amines is 1. The third kappa shape index (κ3) is 5.22. The maximum atomic E-state index is 12.9. The molecule has 6 rings (SSSR count). The lowest BCUT2D eigenvalue weighted by molar-refractivity contribution is 0.0948. The molecule has 39 heavy (non-hydrogen) atoms. The molecule has 1 aliphatic heterocycles. The summed E-state index contributed by atoms with van der Waals surface area (Å²) >= 11 is 0. The summed E-state index contributed by atoms with van der Waals surface area (Å²) < 4.78 is 5.81. The Morgan fingerprint density at radius 3 is 2.54 bits per heavy atom. The van der Waals surface area contributed by atoms with Crippen molar-refractivity contribution in [2.75, 3.05) is 33.3 Å². The third-order valence-electron chi connectivity index (χ3n) is 7.64. The number of pyridine rings is 2. The molecule has 1 aliphatic rings. The van der Waals surface area contributed by atoms with Gasteiger partial charge in [-0.2, -0.15) is 0 Å². The van der Waals surface area contributed by atoms with Crippen LogP contribution in [0.4, 0.5) is 0 Å². The van der Waals surface area contributed by atoms with Crippen molar-refractivity contribution in [3.8, 4) is 28.1 Å². The van der Waals surface area contributed by atoms with E-state index >= 15 is 0 Å². The molecule has 0 saturated carbocycles. The van der Waals surface area contributed by atoms with Crippen LogP contribution in [-0.4, -0.2) is 59.0 Å². The molecule has 2 N–H and O–H groups in total. The van der Waals surface area contributed by atoms with E-state index in [-0.39, 0.29) is 5.91 Å². The van der Waals surface area contributed by atoms with Gasteiger partial charge in [0.1, 0.15) is 5.75 Å². The fourth-order valence-corrected chi connectivity index (χ4v) is 5.58. The molecule has 0 bridgehead atoms. The number of nitrogens with zero attached hydrogens (tertiary/aromatic N) is 3. The van der Waals surface area contributed by atoms with Gasteiger partial charge in [-0.3, -0.25) is 14.8 Å². The third-order valence-corrected chi connectivity index (χ3v) is 7.64. The summed E-state index contributed by atoms with van der Waals surface area (Å²) in [6, 6.07) is 17.8. The van der Waals surface area contributed by atoms with E-state index in [2.05, 4.69) is 31.2 Å². The van der Waals surface area contributed by atoms with Gasteiger partial charge in [0.25, 0.3) is 5.91 Å². The van der Waals surface area contributed by atoms with E-state index in [1.54, 1.807) is 13.3 Å². The normalized spacial score (nSPS) is 14.4. The number of H-pyrrole nitrogens is 1. The number of carbonyl (C=O) groups is 1. The van der Waals surface area contributed by atoms with Gasteiger partial charge in [-0.15, -0.1) is 0 Å². The van der Waals surface area contributed by atoms with Gasteiger partial charge >= 0.3 is 0 Å². The van der Waals surface area contributed by atoms with Gasteiger partial charge < -0.3 is 19.9 Å². The van der Waals surface area contributed by atoms with Crippen molar-refractivity contribution in [2.45, 2.75) is 25.7 Å². The van der Waals surface area contributed by atoms with Crippen LogP contribution in [0.5, 0.6) is 5.75 Å². The Balaban J connectivity index is 1.29. The summed E-state index contributed by atoms with van der Waals surface area (Å²) in [5.74, 6) is 0.735. The molecule has 0 radical (unpaired) electrons. The number of methoxy groups -OCH3 is 1. The predicted octanol–water partition coefficient (Wildman–Crippen LogP) is 6.06. The van der Waals surface area contributed by atoms with E-state index in [0.717, 1.165) is 69.6 Å². The summed E-state index contributed by atoms with van der Waals surface area (Å²) in [5.41, 5.74) is 6.40. The van der Waals surface area contributed by atoms with Crippen LogP contribution in [0.2, 0.25) is 0 Å². The second-order valence-corrected chi connectivity index (χ2v) is 10.1. The first-order valence-corrected chi connectivity index (χ1v) is 13.7. The minimum Gasteiger partial charge on any atom is -0.496 e. The molecule has 0 aliphatic carbocycles. The average molecular weight is 520 g/mol. The molecule has 7 heteroatoms. The van der Waals surface area contributed by atoms with Crippen LogP contribution in [-0.2, 0) is 0 Å². The Morgan fingerprint density at radius 2 is 1.79 bits per heavy atom. The van der Waals surface area contributed by atoms with Crippen LogP contribution in [0.1, 0.15) is 36.0 Å². The summed E-state index contributed by atoms with van der Waals surface area (Å²) in [6.45, 7) is 3.83. The first kappa shape index (κ1) is 25.1. The number of fused-ring (bicyclic) bond motifs is 3. The zero-order valence-electron chi connectivity index (χ0n) is 22.2. The Kier molecular flexibility index (Phi) is 7.23. The van der Waals surface area contributed by atoms with Crippen LogP contribution in [0, 0.1) is 0 Å². The monoisotopic (exact) mass is 519 g/mol. The van der Waals surface area contributed by atoms with Gasteiger partial charge in [0, 0.05) is 58.5 Å². The molecule has 5 aromatic rings. The second kappa shape index (κ2) is 11.3. The number of amides is 1. The molecule has 1 amide bonds. The van der Waals surface area contributed by atoms with Crippen molar-refractivity contribution in [3.63, 3.8) is 0 Å². The molecule has 0 unspecified atom stereocenters. The summed E-state index contributed by atoms with van der Waals surface area (Å²) in [7, 11) is 1.69. The topological polar surface area (TPSA) is 83.1 Å². The van der Waals surface area contributed by atoms with Gasteiger partial charge in [0.05, 0.1) is 24.5 Å². The van der Waals surface area contributed by atoms with E-state index < -0.39 is 0 Å². The van der Waals surface area contributed by atoms with Crippen LogP contribution >= 0.6 is 0 Å². The molecule has 1 fully saturated rings. The highest BCUT2D eigenvalue weighted by Crippen LogP contribution is 2.41. The molecule has 3 aromatic heterocycles. The fourth-order valence-electron chi connectivity index (χ4n) is 5.58. The highest BCUT2D eigenvalue weighted by molar-refractivity contribution is 6.16. The Labute approximate surface area is 228 Å². The van der Waals surface area contributed by atoms with E-state index in [4.69, 9.17) is 4.74 Å². The number of hydrogen-bond donors (Lipinski definition) is 2. The molecular formula is C32H33N5O2. The molecule has 7 nitrogen and oxygen atoms in total. The quantitative estimate of drug-likeness (QED) is 0.273. The Hall–Kier alpha value is -4.23. The zero-order valence-corrected chi connectivity index (χ0v) is 22.2. The molecule has 2 aromatic carbocycles. The van der Waals surface area contributed by atoms with E-state index in [1.165, 1.54) is 25.7 Å². The standard InChI is InChI=1S/C32H33N5O2/c1-39-29-13-12-26-31(25-19-27(35-21-28(25)36-26)24-7-6-14-33-20-24)30(29)22-8-10-23(11-9-22)32(38)34-15-18-37-16-4-2-3-5-17-37/h6-14,19-21,36H,2-5,15-18H2,1H3,(H,34,38).